The quantitative estimate of drug-likeness (QED) is 0.469. The van der Waals surface area contributed by atoms with Crippen LogP contribution in [0.2, 0.25) is 0 Å². The van der Waals surface area contributed by atoms with E-state index in [2.05, 4.69) is 20.8 Å². The Kier molecular flexibility index (Phi) is 6.92. The highest BCUT2D eigenvalue weighted by Crippen LogP contribution is 2.57. The van der Waals surface area contributed by atoms with Crippen molar-refractivity contribution < 1.29 is 29.0 Å². The van der Waals surface area contributed by atoms with E-state index in [1.165, 1.54) is 4.90 Å². The van der Waals surface area contributed by atoms with Crippen molar-refractivity contribution >= 4 is 17.8 Å². The minimum atomic E-state index is -1.33. The molecule has 4 rings (SSSR count). The van der Waals surface area contributed by atoms with E-state index in [0.29, 0.717) is 13.2 Å². The molecule has 2 fully saturated rings. The van der Waals surface area contributed by atoms with Gasteiger partial charge in [-0.15, -0.1) is 0 Å². The van der Waals surface area contributed by atoms with Gasteiger partial charge >= 0.3 is 5.97 Å². The number of aliphatic hydroxyl groups is 1. The van der Waals surface area contributed by atoms with E-state index in [1.54, 1.807) is 0 Å². The standard InChI is InChI=1S/C28H42N2O6/c1-25(2,3)18-26(4,5)30-14-11-13-28-19(22(32)29(15-16-31)21(28)23(30)33)20-24(34)35-17-10-8-7-9-12-27(20,6)36-28/h9,11-13,19-21,31H,7-8,10,14-18H2,1-6H3/b12-9-/t19-,20+,21?,27-,28-/m0/s1. The first-order valence-electron chi connectivity index (χ1n) is 13.2. The number of carbonyl (C=O) groups excluding carboxylic acids is 3. The van der Waals surface area contributed by atoms with E-state index in [9.17, 15) is 19.5 Å². The first kappa shape index (κ1) is 26.9. The highest BCUT2D eigenvalue weighted by Gasteiger charge is 2.74. The molecule has 1 unspecified atom stereocenters. The van der Waals surface area contributed by atoms with Crippen LogP contribution in [0.25, 0.3) is 0 Å². The van der Waals surface area contributed by atoms with Crippen LogP contribution in [-0.4, -0.2) is 81.8 Å². The third-order valence-corrected chi connectivity index (χ3v) is 8.03. The van der Waals surface area contributed by atoms with Crippen molar-refractivity contribution in [2.45, 2.75) is 90.0 Å². The van der Waals surface area contributed by atoms with Gasteiger partial charge in [-0.3, -0.25) is 14.4 Å². The van der Waals surface area contributed by atoms with Gasteiger partial charge in [0.15, 0.2) is 0 Å². The van der Waals surface area contributed by atoms with Gasteiger partial charge in [-0.25, -0.2) is 0 Å². The van der Waals surface area contributed by atoms with E-state index in [0.717, 1.165) is 25.7 Å². The second-order valence-electron chi connectivity index (χ2n) is 12.7. The van der Waals surface area contributed by atoms with Crippen LogP contribution < -0.4 is 0 Å². The summed E-state index contributed by atoms with van der Waals surface area (Å²) in [6.07, 6.45) is 10.8. The average Bonchev–Trinajstić information content (AvgIpc) is 3.06. The molecule has 0 aromatic heterocycles. The Morgan fingerprint density at radius 3 is 2.42 bits per heavy atom. The van der Waals surface area contributed by atoms with Gasteiger partial charge in [-0.1, -0.05) is 45.1 Å². The largest absolute Gasteiger partial charge is 0.465 e. The van der Waals surface area contributed by atoms with Crippen molar-refractivity contribution in [1.82, 2.24) is 9.80 Å². The van der Waals surface area contributed by atoms with Crippen molar-refractivity contribution in [2.24, 2.45) is 17.3 Å². The molecule has 0 radical (unpaired) electrons. The molecular formula is C28H42N2O6. The lowest BCUT2D eigenvalue weighted by Crippen LogP contribution is -2.60. The van der Waals surface area contributed by atoms with Crippen molar-refractivity contribution in [3.8, 4) is 0 Å². The molecule has 0 saturated carbocycles. The zero-order valence-electron chi connectivity index (χ0n) is 22.6. The van der Waals surface area contributed by atoms with Crippen LogP contribution in [0, 0.1) is 17.3 Å². The zero-order chi connectivity index (χ0) is 26.5. The maximum absolute atomic E-state index is 14.4. The summed E-state index contributed by atoms with van der Waals surface area (Å²) in [5, 5.41) is 9.84. The maximum atomic E-state index is 14.4. The number of ether oxygens (including phenoxy) is 2. The minimum absolute atomic E-state index is 0.00739. The molecule has 5 atom stereocenters. The predicted octanol–water partition coefficient (Wildman–Crippen LogP) is 2.85. The molecule has 0 aromatic rings. The molecule has 8 nitrogen and oxygen atoms in total. The van der Waals surface area contributed by atoms with Gasteiger partial charge < -0.3 is 24.4 Å². The van der Waals surface area contributed by atoms with Gasteiger partial charge in [0, 0.05) is 18.6 Å². The average molecular weight is 503 g/mol. The number of amides is 2. The number of rotatable bonds is 4. The summed E-state index contributed by atoms with van der Waals surface area (Å²) in [7, 11) is 0. The fourth-order valence-electron chi connectivity index (χ4n) is 7.08. The third-order valence-electron chi connectivity index (χ3n) is 8.03. The number of carbonyl (C=O) groups is 3. The van der Waals surface area contributed by atoms with Crippen LogP contribution in [-0.2, 0) is 23.9 Å². The first-order valence-corrected chi connectivity index (χ1v) is 13.2. The number of hydrogen-bond acceptors (Lipinski definition) is 6. The van der Waals surface area contributed by atoms with Gasteiger partial charge in [0.05, 0.1) is 24.7 Å². The second kappa shape index (κ2) is 9.28. The summed E-state index contributed by atoms with van der Waals surface area (Å²) >= 11 is 0. The van der Waals surface area contributed by atoms with Gasteiger partial charge in [0.2, 0.25) is 11.8 Å². The highest BCUT2D eigenvalue weighted by atomic mass is 16.6. The van der Waals surface area contributed by atoms with E-state index < -0.39 is 40.6 Å². The minimum Gasteiger partial charge on any atom is -0.465 e. The first-order chi connectivity index (χ1) is 16.8. The Morgan fingerprint density at radius 2 is 1.75 bits per heavy atom. The van der Waals surface area contributed by atoms with Crippen LogP contribution in [0.1, 0.15) is 67.2 Å². The molecule has 36 heavy (non-hydrogen) atoms. The van der Waals surface area contributed by atoms with Crippen LogP contribution in [0.4, 0.5) is 0 Å². The van der Waals surface area contributed by atoms with Crippen molar-refractivity contribution in [3.05, 3.63) is 24.3 Å². The van der Waals surface area contributed by atoms with Gasteiger partial charge in [-0.05, 0) is 51.9 Å². The highest BCUT2D eigenvalue weighted by molar-refractivity contribution is 5.99. The number of aliphatic hydroxyl groups excluding tert-OH is 1. The predicted molar refractivity (Wildman–Crippen MR) is 135 cm³/mol. The zero-order valence-corrected chi connectivity index (χ0v) is 22.6. The second-order valence-corrected chi connectivity index (χ2v) is 12.7. The summed E-state index contributed by atoms with van der Waals surface area (Å²) in [6, 6.07) is -0.976. The number of likely N-dealkylation sites (tertiary alicyclic amines) is 1. The number of cyclic esters (lactones) is 1. The molecule has 0 aliphatic carbocycles. The number of allylic oxidation sites excluding steroid dienone is 1. The maximum Gasteiger partial charge on any atom is 0.313 e. The fourth-order valence-corrected chi connectivity index (χ4v) is 7.08. The molecule has 0 aromatic carbocycles. The smallest absolute Gasteiger partial charge is 0.313 e. The Bertz CT molecular complexity index is 966. The Labute approximate surface area is 214 Å². The van der Waals surface area contributed by atoms with E-state index in [4.69, 9.17) is 9.47 Å². The van der Waals surface area contributed by atoms with Gasteiger partial charge in [0.25, 0.3) is 0 Å². The van der Waals surface area contributed by atoms with Crippen molar-refractivity contribution in [2.75, 3.05) is 26.3 Å². The summed E-state index contributed by atoms with van der Waals surface area (Å²) in [4.78, 5) is 45.0. The Morgan fingerprint density at radius 1 is 1.03 bits per heavy atom. The monoisotopic (exact) mass is 502 g/mol. The molecule has 8 heteroatoms. The molecule has 4 heterocycles. The number of nitrogens with zero attached hydrogens (tertiary/aromatic N) is 2. The number of fused-ring (bicyclic) bond motifs is 2. The van der Waals surface area contributed by atoms with Crippen LogP contribution in [0.15, 0.2) is 24.3 Å². The topological polar surface area (TPSA) is 96.4 Å². The summed E-state index contributed by atoms with van der Waals surface area (Å²) in [6.45, 7) is 12.7. The third kappa shape index (κ3) is 4.40. The summed E-state index contributed by atoms with van der Waals surface area (Å²) < 4.78 is 12.4. The van der Waals surface area contributed by atoms with E-state index in [1.807, 2.05) is 50.0 Å². The molecule has 2 saturated heterocycles. The van der Waals surface area contributed by atoms with E-state index in [-0.39, 0.29) is 30.4 Å². The van der Waals surface area contributed by atoms with Crippen molar-refractivity contribution in [1.29, 1.82) is 0 Å². The SMILES string of the molecule is CC(C)(C)CC(C)(C)N1CC=C[C@]23O[C@@]4(C)/C=C\CCCCOC(=O)[C@H]4[C@H]2C(=O)N(CCO)C3C1=O. The Balaban J connectivity index is 1.83. The lowest BCUT2D eigenvalue weighted by molar-refractivity contribution is -0.161. The molecule has 2 amide bonds. The number of β-amino-alcohol motifs (C(OH)–C–C–N with tert-alkyl or cyclic N) is 1. The summed E-state index contributed by atoms with van der Waals surface area (Å²) in [5.74, 6) is -2.85. The number of hydrogen-bond donors (Lipinski definition) is 1. The fraction of sp³-hybridized carbons (Fsp3) is 0.750. The summed E-state index contributed by atoms with van der Waals surface area (Å²) in [5.41, 5.74) is -2.94. The van der Waals surface area contributed by atoms with E-state index >= 15 is 0 Å². The van der Waals surface area contributed by atoms with Crippen LogP contribution in [0.5, 0.6) is 0 Å². The molecule has 4 aliphatic rings. The molecule has 1 N–H and O–H groups in total. The Hall–Kier alpha value is -2.19. The van der Waals surface area contributed by atoms with Gasteiger partial charge in [0.1, 0.15) is 17.6 Å². The van der Waals surface area contributed by atoms with Gasteiger partial charge in [-0.2, -0.15) is 0 Å². The molecule has 1 spiro atoms. The van der Waals surface area contributed by atoms with Crippen molar-refractivity contribution in [3.63, 3.8) is 0 Å². The van der Waals surface area contributed by atoms with Crippen LogP contribution in [0.3, 0.4) is 0 Å². The van der Waals surface area contributed by atoms with Crippen LogP contribution >= 0.6 is 0 Å². The molecular weight excluding hydrogens is 460 g/mol. The molecule has 0 bridgehead atoms. The molecule has 4 aliphatic heterocycles. The lowest BCUT2D eigenvalue weighted by Gasteiger charge is -2.44. The molecule has 200 valence electrons. The normalized spacial score (nSPS) is 36.2. The lowest BCUT2D eigenvalue weighted by atomic mass is 9.74. The number of esters is 1.